The minimum absolute atomic E-state index is 0.0426. The normalized spacial score (nSPS) is 10.2. The van der Waals surface area contributed by atoms with Gasteiger partial charge in [-0.05, 0) is 30.7 Å². The highest BCUT2D eigenvalue weighted by Crippen LogP contribution is 2.30. The molecule has 2 rings (SSSR count). The number of benzene rings is 2. The van der Waals surface area contributed by atoms with Crippen LogP contribution < -0.4 is 10.1 Å². The number of methoxy groups -OCH3 is 1. The van der Waals surface area contributed by atoms with E-state index in [9.17, 15) is 10.1 Å². The van der Waals surface area contributed by atoms with Gasteiger partial charge in [0, 0.05) is 23.2 Å². The zero-order chi connectivity index (χ0) is 15.4. The molecule has 0 fully saturated rings. The van der Waals surface area contributed by atoms with Gasteiger partial charge in [0.1, 0.15) is 11.4 Å². The molecule has 0 unspecified atom stereocenters. The summed E-state index contributed by atoms with van der Waals surface area (Å²) in [5.41, 5.74) is 2.09. The molecule has 2 aromatic rings. The first-order chi connectivity index (χ1) is 10.0. The molecule has 1 N–H and O–H groups in total. The van der Waals surface area contributed by atoms with E-state index in [-0.39, 0.29) is 5.69 Å². The summed E-state index contributed by atoms with van der Waals surface area (Å²) in [6.45, 7) is 2.15. The summed E-state index contributed by atoms with van der Waals surface area (Å²) < 4.78 is 5.25. The largest absolute Gasteiger partial charge is 0.496 e. The van der Waals surface area contributed by atoms with Crippen LogP contribution in [0.25, 0.3) is 0 Å². The Morgan fingerprint density at radius 1 is 1.33 bits per heavy atom. The molecule has 0 saturated carbocycles. The van der Waals surface area contributed by atoms with Gasteiger partial charge in [-0.2, -0.15) is 0 Å². The molecule has 0 spiro atoms. The smallest absolute Gasteiger partial charge is 0.292 e. The summed E-state index contributed by atoms with van der Waals surface area (Å²) in [7, 11) is 1.56. The Kier molecular flexibility index (Phi) is 4.65. The highest BCUT2D eigenvalue weighted by molar-refractivity contribution is 6.31. The number of nitro benzene ring substituents is 1. The molecule has 0 aliphatic heterocycles. The Morgan fingerprint density at radius 2 is 2.10 bits per heavy atom. The van der Waals surface area contributed by atoms with Gasteiger partial charge in [-0.1, -0.05) is 23.7 Å². The van der Waals surface area contributed by atoms with Gasteiger partial charge in [-0.25, -0.2) is 0 Å². The Hall–Kier alpha value is -2.27. The van der Waals surface area contributed by atoms with E-state index in [1.165, 1.54) is 6.07 Å². The molecule has 6 heteroatoms. The Balaban J connectivity index is 2.27. The summed E-state index contributed by atoms with van der Waals surface area (Å²) in [5, 5.41) is 14.7. The number of nitrogens with zero attached hydrogens (tertiary/aromatic N) is 1. The Morgan fingerprint density at radius 3 is 2.76 bits per heavy atom. The minimum atomic E-state index is -0.404. The molecule has 0 bridgehead atoms. The van der Waals surface area contributed by atoms with Crippen LogP contribution in [-0.4, -0.2) is 12.0 Å². The van der Waals surface area contributed by atoms with E-state index in [2.05, 4.69) is 5.32 Å². The maximum atomic E-state index is 11.1. The van der Waals surface area contributed by atoms with Crippen molar-refractivity contribution in [2.75, 3.05) is 12.4 Å². The van der Waals surface area contributed by atoms with Gasteiger partial charge in [0.05, 0.1) is 12.0 Å². The fourth-order valence-electron chi connectivity index (χ4n) is 2.03. The first-order valence-corrected chi connectivity index (χ1v) is 6.71. The van der Waals surface area contributed by atoms with Gasteiger partial charge in [0.25, 0.3) is 5.69 Å². The Bertz CT molecular complexity index is 674. The van der Waals surface area contributed by atoms with Crippen LogP contribution in [-0.2, 0) is 6.54 Å². The number of nitro groups is 1. The minimum Gasteiger partial charge on any atom is -0.496 e. The molecule has 2 aromatic carbocycles. The van der Waals surface area contributed by atoms with Crippen LogP contribution in [0.2, 0.25) is 5.02 Å². The van der Waals surface area contributed by atoms with Crippen molar-refractivity contribution in [2.45, 2.75) is 13.5 Å². The molecule has 0 aliphatic carbocycles. The van der Waals surface area contributed by atoms with E-state index < -0.39 is 4.92 Å². The second-order valence-electron chi connectivity index (χ2n) is 4.55. The molecule has 0 aliphatic rings. The summed E-state index contributed by atoms with van der Waals surface area (Å²) in [6.07, 6.45) is 0. The van der Waals surface area contributed by atoms with Gasteiger partial charge in [0.15, 0.2) is 0 Å². The number of ether oxygens (including phenoxy) is 1. The summed E-state index contributed by atoms with van der Waals surface area (Å²) in [4.78, 5) is 10.7. The van der Waals surface area contributed by atoms with E-state index in [4.69, 9.17) is 16.3 Å². The van der Waals surface area contributed by atoms with Crippen molar-refractivity contribution in [3.05, 3.63) is 62.7 Å². The van der Waals surface area contributed by atoms with Crippen LogP contribution in [0.5, 0.6) is 5.75 Å². The third kappa shape index (κ3) is 3.44. The predicted molar refractivity (Wildman–Crippen MR) is 83.2 cm³/mol. The third-order valence-corrected chi connectivity index (χ3v) is 3.46. The number of hydrogen-bond donors (Lipinski definition) is 1. The van der Waals surface area contributed by atoms with Crippen molar-refractivity contribution in [1.29, 1.82) is 0 Å². The van der Waals surface area contributed by atoms with Crippen molar-refractivity contribution >= 4 is 23.0 Å². The molecular formula is C15H15ClN2O3. The second-order valence-corrected chi connectivity index (χ2v) is 4.96. The number of halogens is 1. The van der Waals surface area contributed by atoms with Gasteiger partial charge >= 0.3 is 0 Å². The van der Waals surface area contributed by atoms with Crippen molar-refractivity contribution in [1.82, 2.24) is 0 Å². The van der Waals surface area contributed by atoms with E-state index in [0.29, 0.717) is 23.0 Å². The molecule has 0 atom stereocenters. The van der Waals surface area contributed by atoms with Gasteiger partial charge in [-0.3, -0.25) is 10.1 Å². The molecular weight excluding hydrogens is 292 g/mol. The SMILES string of the molecule is COc1cccc(Cl)c1CNc1ccc(C)cc1[N+](=O)[O-]. The maximum absolute atomic E-state index is 11.1. The highest BCUT2D eigenvalue weighted by atomic mass is 35.5. The third-order valence-electron chi connectivity index (χ3n) is 3.10. The van der Waals surface area contributed by atoms with Crippen LogP contribution in [0.1, 0.15) is 11.1 Å². The lowest BCUT2D eigenvalue weighted by atomic mass is 10.1. The van der Waals surface area contributed by atoms with E-state index in [0.717, 1.165) is 11.1 Å². The molecule has 0 radical (unpaired) electrons. The number of rotatable bonds is 5. The number of aryl methyl sites for hydroxylation is 1. The van der Waals surface area contributed by atoms with Crippen molar-refractivity contribution < 1.29 is 9.66 Å². The van der Waals surface area contributed by atoms with Crippen LogP contribution in [0.3, 0.4) is 0 Å². The maximum Gasteiger partial charge on any atom is 0.292 e. The van der Waals surface area contributed by atoms with E-state index in [1.54, 1.807) is 31.4 Å². The van der Waals surface area contributed by atoms with Crippen molar-refractivity contribution in [2.24, 2.45) is 0 Å². The second kappa shape index (κ2) is 6.45. The van der Waals surface area contributed by atoms with Gasteiger partial charge in [0.2, 0.25) is 0 Å². The molecule has 0 saturated heterocycles. The predicted octanol–water partition coefficient (Wildman–Crippen LogP) is 4.18. The quantitative estimate of drug-likeness (QED) is 0.665. The first kappa shape index (κ1) is 15.1. The lowest BCUT2D eigenvalue weighted by Gasteiger charge is -2.12. The van der Waals surface area contributed by atoms with E-state index >= 15 is 0 Å². The summed E-state index contributed by atoms with van der Waals surface area (Å²) >= 11 is 6.15. The van der Waals surface area contributed by atoms with Crippen molar-refractivity contribution in [3.63, 3.8) is 0 Å². The average molecular weight is 307 g/mol. The number of nitrogens with one attached hydrogen (secondary N) is 1. The topological polar surface area (TPSA) is 64.4 Å². The molecule has 0 aromatic heterocycles. The molecule has 21 heavy (non-hydrogen) atoms. The van der Waals surface area contributed by atoms with Crippen LogP contribution in [0.4, 0.5) is 11.4 Å². The van der Waals surface area contributed by atoms with Gasteiger partial charge in [-0.15, -0.1) is 0 Å². The zero-order valence-corrected chi connectivity index (χ0v) is 12.5. The van der Waals surface area contributed by atoms with Crippen molar-refractivity contribution in [3.8, 4) is 5.75 Å². The average Bonchev–Trinajstić information content (AvgIpc) is 2.46. The fraction of sp³-hybridized carbons (Fsp3) is 0.200. The van der Waals surface area contributed by atoms with Crippen LogP contribution in [0, 0.1) is 17.0 Å². The van der Waals surface area contributed by atoms with E-state index in [1.807, 2.05) is 13.0 Å². The monoisotopic (exact) mass is 306 g/mol. The standard InChI is InChI=1S/C15H15ClN2O3/c1-10-6-7-13(14(8-10)18(19)20)17-9-11-12(16)4-3-5-15(11)21-2/h3-8,17H,9H2,1-2H3. The zero-order valence-electron chi connectivity index (χ0n) is 11.7. The Labute approximate surface area is 127 Å². The number of anilines is 1. The molecule has 5 nitrogen and oxygen atoms in total. The highest BCUT2D eigenvalue weighted by Gasteiger charge is 2.15. The summed E-state index contributed by atoms with van der Waals surface area (Å²) in [6, 6.07) is 10.4. The van der Waals surface area contributed by atoms with Crippen LogP contribution in [0.15, 0.2) is 36.4 Å². The lowest BCUT2D eigenvalue weighted by molar-refractivity contribution is -0.384. The first-order valence-electron chi connectivity index (χ1n) is 6.33. The lowest BCUT2D eigenvalue weighted by Crippen LogP contribution is -2.05. The number of hydrogen-bond acceptors (Lipinski definition) is 4. The molecule has 0 amide bonds. The van der Waals surface area contributed by atoms with Crippen LogP contribution >= 0.6 is 11.6 Å². The van der Waals surface area contributed by atoms with Gasteiger partial charge < -0.3 is 10.1 Å². The summed E-state index contributed by atoms with van der Waals surface area (Å²) in [5.74, 6) is 0.643. The molecule has 0 heterocycles. The molecule has 110 valence electrons. The fourth-order valence-corrected chi connectivity index (χ4v) is 2.26.